The Balaban J connectivity index is 1.35. The van der Waals surface area contributed by atoms with Gasteiger partial charge in [0.15, 0.2) is 24.2 Å². The quantitative estimate of drug-likeness (QED) is 0.606. The Labute approximate surface area is 174 Å². The van der Waals surface area contributed by atoms with E-state index in [2.05, 4.69) is 4.98 Å². The largest absolute Gasteiger partial charge is 0.486 e. The summed E-state index contributed by atoms with van der Waals surface area (Å²) in [7, 11) is 1.64. The number of hydrogen-bond donors (Lipinski definition) is 0. The fourth-order valence-electron chi connectivity index (χ4n) is 3.35. The third kappa shape index (κ3) is 4.20. The second-order valence-electron chi connectivity index (χ2n) is 7.18. The molecule has 1 aliphatic heterocycles. The van der Waals surface area contributed by atoms with Crippen molar-refractivity contribution in [3.8, 4) is 11.5 Å². The molecule has 0 radical (unpaired) electrons. The average Bonchev–Trinajstić information content (AvgIpc) is 2.76. The number of aromatic nitrogens is 1. The zero-order valence-electron chi connectivity index (χ0n) is 16.8. The number of rotatable bonds is 5. The lowest BCUT2D eigenvalue weighted by molar-refractivity contribution is -0.134. The van der Waals surface area contributed by atoms with Gasteiger partial charge in [0.1, 0.15) is 6.61 Å². The van der Waals surface area contributed by atoms with Gasteiger partial charge in [0.05, 0.1) is 17.6 Å². The minimum absolute atomic E-state index is 0.295. The van der Waals surface area contributed by atoms with Gasteiger partial charge in [0.25, 0.3) is 5.91 Å². The molecule has 1 atom stereocenters. The molecule has 0 unspecified atom stereocenters. The molecule has 1 amide bonds. The standard InChI is InChI=1S/C23H22N2O5/c1-15-11-18(17-7-3-4-8-19(17)24-15)23(27)29-14-22(26)25(2)12-16-13-28-20-9-5-6-10-21(20)30-16/h3-11,16H,12-14H2,1-2H3/t16-/m1/s1. The summed E-state index contributed by atoms with van der Waals surface area (Å²) in [6.45, 7) is 2.13. The number of benzene rings is 2. The number of nitrogens with zero attached hydrogens (tertiary/aromatic N) is 2. The molecule has 0 saturated heterocycles. The molecule has 0 spiro atoms. The van der Waals surface area contributed by atoms with E-state index in [0.717, 1.165) is 0 Å². The van der Waals surface area contributed by atoms with Crippen LogP contribution < -0.4 is 9.47 Å². The van der Waals surface area contributed by atoms with Crippen molar-refractivity contribution in [3.63, 3.8) is 0 Å². The van der Waals surface area contributed by atoms with Gasteiger partial charge in [0.2, 0.25) is 0 Å². The molecule has 7 nitrogen and oxygen atoms in total. The number of fused-ring (bicyclic) bond motifs is 2. The first-order valence-electron chi connectivity index (χ1n) is 9.67. The maximum Gasteiger partial charge on any atom is 0.339 e. The highest BCUT2D eigenvalue weighted by Gasteiger charge is 2.24. The third-order valence-electron chi connectivity index (χ3n) is 4.86. The Kier molecular flexibility index (Phi) is 5.52. The molecule has 0 fully saturated rings. The number of ether oxygens (including phenoxy) is 3. The first-order chi connectivity index (χ1) is 14.5. The van der Waals surface area contributed by atoms with Gasteiger partial charge in [0, 0.05) is 18.1 Å². The Morgan fingerprint density at radius 3 is 2.70 bits per heavy atom. The van der Waals surface area contributed by atoms with Gasteiger partial charge in [-0.1, -0.05) is 30.3 Å². The molecule has 30 heavy (non-hydrogen) atoms. The summed E-state index contributed by atoms with van der Waals surface area (Å²) in [5.74, 6) is 0.475. The Morgan fingerprint density at radius 1 is 1.13 bits per heavy atom. The van der Waals surface area contributed by atoms with Crippen molar-refractivity contribution in [2.75, 3.05) is 26.8 Å². The van der Waals surface area contributed by atoms with E-state index in [1.54, 1.807) is 13.1 Å². The third-order valence-corrected chi connectivity index (χ3v) is 4.86. The van der Waals surface area contributed by atoms with Crippen molar-refractivity contribution >= 4 is 22.8 Å². The lowest BCUT2D eigenvalue weighted by Crippen LogP contribution is -2.43. The summed E-state index contributed by atoms with van der Waals surface area (Å²) < 4.78 is 16.8. The molecule has 1 aromatic heterocycles. The van der Waals surface area contributed by atoms with Crippen LogP contribution in [0.4, 0.5) is 0 Å². The highest BCUT2D eigenvalue weighted by Crippen LogP contribution is 2.31. The van der Waals surface area contributed by atoms with Gasteiger partial charge in [-0.05, 0) is 31.2 Å². The molecule has 0 bridgehead atoms. The van der Waals surface area contributed by atoms with Crippen LogP contribution >= 0.6 is 0 Å². The summed E-state index contributed by atoms with van der Waals surface area (Å²) in [4.78, 5) is 31.0. The van der Waals surface area contributed by atoms with E-state index in [1.165, 1.54) is 4.90 Å². The maximum absolute atomic E-state index is 12.6. The molecule has 0 N–H and O–H groups in total. The van der Waals surface area contributed by atoms with Crippen molar-refractivity contribution < 1.29 is 23.8 Å². The lowest BCUT2D eigenvalue weighted by Gasteiger charge is -2.29. The predicted molar refractivity (Wildman–Crippen MR) is 111 cm³/mol. The Bertz CT molecular complexity index is 1100. The number of amides is 1. The van der Waals surface area contributed by atoms with Crippen LogP contribution in [0.15, 0.2) is 54.6 Å². The lowest BCUT2D eigenvalue weighted by atomic mass is 10.1. The van der Waals surface area contributed by atoms with Crippen LogP contribution in [0, 0.1) is 6.92 Å². The monoisotopic (exact) mass is 406 g/mol. The molecule has 154 valence electrons. The topological polar surface area (TPSA) is 78.0 Å². The van der Waals surface area contributed by atoms with Crippen LogP contribution in [0.5, 0.6) is 11.5 Å². The van der Waals surface area contributed by atoms with Crippen LogP contribution in [0.3, 0.4) is 0 Å². The summed E-state index contributed by atoms with van der Waals surface area (Å²) in [5.41, 5.74) is 1.82. The minimum Gasteiger partial charge on any atom is -0.486 e. The fraction of sp³-hybridized carbons (Fsp3) is 0.261. The predicted octanol–water partition coefficient (Wildman–Crippen LogP) is 3.00. The van der Waals surface area contributed by atoms with Crippen LogP contribution in [0.2, 0.25) is 0 Å². The zero-order chi connectivity index (χ0) is 21.1. The second kappa shape index (κ2) is 8.41. The van der Waals surface area contributed by atoms with Crippen molar-refractivity contribution in [2.24, 2.45) is 0 Å². The van der Waals surface area contributed by atoms with Gasteiger partial charge < -0.3 is 19.1 Å². The minimum atomic E-state index is -0.551. The summed E-state index contributed by atoms with van der Waals surface area (Å²) in [5, 5.41) is 0.695. The van der Waals surface area contributed by atoms with Crippen LogP contribution in [-0.4, -0.2) is 54.7 Å². The number of likely N-dealkylation sites (N-methyl/N-ethyl adjacent to an activating group) is 1. The van der Waals surface area contributed by atoms with Gasteiger partial charge in [-0.3, -0.25) is 9.78 Å². The highest BCUT2D eigenvalue weighted by atomic mass is 16.6. The Morgan fingerprint density at radius 2 is 1.87 bits per heavy atom. The number of hydrogen-bond acceptors (Lipinski definition) is 6. The summed E-state index contributed by atoms with van der Waals surface area (Å²) >= 11 is 0. The molecule has 7 heteroatoms. The molecule has 2 heterocycles. The van der Waals surface area contributed by atoms with Gasteiger partial charge in [-0.2, -0.15) is 0 Å². The molecule has 4 rings (SSSR count). The number of aryl methyl sites for hydroxylation is 1. The second-order valence-corrected chi connectivity index (χ2v) is 7.18. The van der Waals surface area contributed by atoms with Crippen LogP contribution in [0.1, 0.15) is 16.1 Å². The number of carbonyl (C=O) groups is 2. The molecular weight excluding hydrogens is 384 g/mol. The first kappa shape index (κ1) is 19.7. The van der Waals surface area contributed by atoms with E-state index in [9.17, 15) is 9.59 Å². The van der Waals surface area contributed by atoms with Crippen LogP contribution in [0.25, 0.3) is 10.9 Å². The fourth-order valence-corrected chi connectivity index (χ4v) is 3.35. The zero-order valence-corrected chi connectivity index (χ0v) is 16.8. The first-order valence-corrected chi connectivity index (χ1v) is 9.67. The highest BCUT2D eigenvalue weighted by molar-refractivity contribution is 6.04. The molecular formula is C23H22N2O5. The number of pyridine rings is 1. The molecule has 1 aliphatic rings. The van der Waals surface area contributed by atoms with Crippen molar-refractivity contribution in [1.29, 1.82) is 0 Å². The van der Waals surface area contributed by atoms with Gasteiger partial charge in [-0.25, -0.2) is 4.79 Å². The van der Waals surface area contributed by atoms with Gasteiger partial charge >= 0.3 is 5.97 Å². The molecule has 0 aliphatic carbocycles. The summed E-state index contributed by atoms with van der Waals surface area (Å²) in [6, 6.07) is 16.4. The van der Waals surface area contributed by atoms with E-state index in [0.29, 0.717) is 46.8 Å². The van der Waals surface area contributed by atoms with Crippen molar-refractivity contribution in [3.05, 3.63) is 65.9 Å². The van der Waals surface area contributed by atoms with Crippen molar-refractivity contribution in [2.45, 2.75) is 13.0 Å². The number of carbonyl (C=O) groups excluding carboxylic acids is 2. The van der Waals surface area contributed by atoms with Crippen molar-refractivity contribution in [1.82, 2.24) is 9.88 Å². The van der Waals surface area contributed by atoms with Crippen LogP contribution in [-0.2, 0) is 9.53 Å². The summed E-state index contributed by atoms with van der Waals surface area (Å²) in [6.07, 6.45) is -0.295. The van der Waals surface area contributed by atoms with Gasteiger partial charge in [-0.15, -0.1) is 0 Å². The van der Waals surface area contributed by atoms with E-state index in [-0.39, 0.29) is 18.6 Å². The molecule has 2 aromatic carbocycles. The van der Waals surface area contributed by atoms with E-state index < -0.39 is 5.97 Å². The SMILES string of the molecule is Cc1cc(C(=O)OCC(=O)N(C)C[C@@H]2COc3ccccc3O2)c2ccccc2n1. The maximum atomic E-state index is 12.6. The molecule has 0 saturated carbocycles. The molecule has 3 aromatic rings. The smallest absolute Gasteiger partial charge is 0.339 e. The van der Waals surface area contributed by atoms with E-state index in [4.69, 9.17) is 14.2 Å². The van der Waals surface area contributed by atoms with E-state index >= 15 is 0 Å². The Hall–Kier alpha value is -3.61. The number of para-hydroxylation sites is 3. The average molecular weight is 406 g/mol. The normalized spacial score (nSPS) is 14.9. The van der Waals surface area contributed by atoms with E-state index in [1.807, 2.05) is 55.5 Å². The number of esters is 1.